The van der Waals surface area contributed by atoms with Crippen molar-refractivity contribution in [3.63, 3.8) is 0 Å². The highest BCUT2D eigenvalue weighted by Crippen LogP contribution is 2.28. The summed E-state index contributed by atoms with van der Waals surface area (Å²) in [5.74, 6) is 0.334. The summed E-state index contributed by atoms with van der Waals surface area (Å²) in [5, 5.41) is 17.0. The van der Waals surface area contributed by atoms with E-state index in [2.05, 4.69) is 5.32 Å². The molecule has 4 rings (SSSR count). The van der Waals surface area contributed by atoms with E-state index < -0.39 is 5.91 Å². The first-order valence-electron chi connectivity index (χ1n) is 11.0. The van der Waals surface area contributed by atoms with Crippen LogP contribution in [-0.2, 0) is 11.4 Å². The predicted molar refractivity (Wildman–Crippen MR) is 132 cm³/mol. The summed E-state index contributed by atoms with van der Waals surface area (Å²) in [4.78, 5) is 12.3. The van der Waals surface area contributed by atoms with E-state index in [4.69, 9.17) is 9.84 Å². The van der Waals surface area contributed by atoms with Gasteiger partial charge in [-0.05, 0) is 55.0 Å². The number of hydrogen-bond donors (Lipinski definition) is 1. The third-order valence-corrected chi connectivity index (χ3v) is 5.14. The smallest absolute Gasteiger partial charge is 0.261 e. The summed E-state index contributed by atoms with van der Waals surface area (Å²) >= 11 is 0. The molecule has 0 saturated heterocycles. The topological polar surface area (TPSA) is 79.9 Å². The minimum Gasteiger partial charge on any atom is -0.489 e. The number of hydrogen-bond acceptors (Lipinski definition) is 4. The van der Waals surface area contributed by atoms with Gasteiger partial charge in [-0.15, -0.1) is 0 Å². The van der Waals surface area contributed by atoms with Crippen molar-refractivity contribution in [2.75, 3.05) is 6.54 Å². The molecule has 0 aliphatic carbocycles. The first kappa shape index (κ1) is 22.6. The van der Waals surface area contributed by atoms with Crippen LogP contribution in [-0.4, -0.2) is 22.2 Å². The number of aromatic nitrogens is 2. The van der Waals surface area contributed by atoms with E-state index in [1.54, 1.807) is 10.8 Å². The second kappa shape index (κ2) is 10.8. The third-order valence-electron chi connectivity index (χ3n) is 5.14. The van der Waals surface area contributed by atoms with Crippen LogP contribution in [0.25, 0.3) is 23.0 Å². The second-order valence-corrected chi connectivity index (χ2v) is 7.54. The SMILES string of the molecule is CCNC(=O)C(C#N)=Cc1cn(-c2ccccc2)nc1-c1ccc(OCc2ccccc2)cc1. The molecule has 1 heterocycles. The average molecular weight is 449 g/mol. The Bertz CT molecular complexity index is 1320. The molecule has 0 unspecified atom stereocenters. The Balaban J connectivity index is 1.66. The average Bonchev–Trinajstić information content (AvgIpc) is 3.31. The largest absolute Gasteiger partial charge is 0.489 e. The minimum atomic E-state index is -0.409. The lowest BCUT2D eigenvalue weighted by Gasteiger charge is -2.07. The molecule has 1 N–H and O–H groups in total. The van der Waals surface area contributed by atoms with E-state index in [1.807, 2.05) is 104 Å². The highest BCUT2D eigenvalue weighted by Gasteiger charge is 2.15. The maximum Gasteiger partial charge on any atom is 0.261 e. The van der Waals surface area contributed by atoms with Crippen molar-refractivity contribution in [2.45, 2.75) is 13.5 Å². The fourth-order valence-corrected chi connectivity index (χ4v) is 3.44. The van der Waals surface area contributed by atoms with Crippen LogP contribution in [0.2, 0.25) is 0 Å². The highest BCUT2D eigenvalue weighted by molar-refractivity contribution is 6.02. The van der Waals surface area contributed by atoms with Crippen LogP contribution in [0.5, 0.6) is 5.75 Å². The van der Waals surface area contributed by atoms with Crippen LogP contribution < -0.4 is 10.1 Å². The third kappa shape index (κ3) is 5.40. The van der Waals surface area contributed by atoms with Gasteiger partial charge in [-0.25, -0.2) is 4.68 Å². The Morgan fingerprint density at radius 2 is 1.71 bits per heavy atom. The van der Waals surface area contributed by atoms with Crippen LogP contribution in [0.3, 0.4) is 0 Å². The van der Waals surface area contributed by atoms with Gasteiger partial charge in [0.15, 0.2) is 0 Å². The number of nitrogens with zero attached hydrogens (tertiary/aromatic N) is 3. The van der Waals surface area contributed by atoms with Crippen LogP contribution in [0.15, 0.2) is 96.7 Å². The lowest BCUT2D eigenvalue weighted by atomic mass is 10.1. The lowest BCUT2D eigenvalue weighted by molar-refractivity contribution is -0.116. The molecule has 0 saturated carbocycles. The van der Waals surface area contributed by atoms with E-state index >= 15 is 0 Å². The van der Waals surface area contributed by atoms with Gasteiger partial charge in [0.2, 0.25) is 0 Å². The van der Waals surface area contributed by atoms with E-state index in [0.717, 1.165) is 22.6 Å². The molecule has 0 spiro atoms. The highest BCUT2D eigenvalue weighted by atomic mass is 16.5. The van der Waals surface area contributed by atoms with Crippen molar-refractivity contribution in [3.05, 3.63) is 108 Å². The number of amides is 1. The van der Waals surface area contributed by atoms with Gasteiger partial charge in [-0.2, -0.15) is 10.4 Å². The van der Waals surface area contributed by atoms with Gasteiger partial charge >= 0.3 is 0 Å². The number of nitrogens with one attached hydrogen (secondary N) is 1. The summed E-state index contributed by atoms with van der Waals surface area (Å²) in [6.07, 6.45) is 3.40. The molecule has 0 aliphatic rings. The van der Waals surface area contributed by atoms with Gasteiger partial charge in [0.1, 0.15) is 24.0 Å². The summed E-state index contributed by atoms with van der Waals surface area (Å²) in [5.41, 5.74) is 4.18. The van der Waals surface area contributed by atoms with Crippen molar-refractivity contribution in [1.82, 2.24) is 15.1 Å². The van der Waals surface area contributed by atoms with Gasteiger partial charge in [0, 0.05) is 23.9 Å². The number of para-hydroxylation sites is 1. The molecule has 1 aromatic heterocycles. The number of nitriles is 1. The molecule has 34 heavy (non-hydrogen) atoms. The van der Waals surface area contributed by atoms with Crippen molar-refractivity contribution >= 4 is 12.0 Å². The molecule has 0 atom stereocenters. The normalized spacial score (nSPS) is 11.0. The van der Waals surface area contributed by atoms with E-state index in [0.29, 0.717) is 24.4 Å². The lowest BCUT2D eigenvalue weighted by Crippen LogP contribution is -2.23. The summed E-state index contributed by atoms with van der Waals surface area (Å²) in [6.45, 7) is 2.74. The quantitative estimate of drug-likeness (QED) is 0.298. The molecule has 6 heteroatoms. The molecule has 6 nitrogen and oxygen atoms in total. The zero-order valence-corrected chi connectivity index (χ0v) is 18.8. The van der Waals surface area contributed by atoms with Crippen molar-refractivity contribution < 1.29 is 9.53 Å². The molecule has 0 fully saturated rings. The molecule has 0 radical (unpaired) electrons. The van der Waals surface area contributed by atoms with Gasteiger partial charge in [-0.3, -0.25) is 4.79 Å². The Morgan fingerprint density at radius 3 is 2.35 bits per heavy atom. The number of carbonyl (C=O) groups excluding carboxylic acids is 1. The standard InChI is InChI=1S/C28H24N4O2/c1-2-30-28(33)23(18-29)17-24-19-32(25-11-7-4-8-12-25)31-27(24)22-13-15-26(16-14-22)34-20-21-9-5-3-6-10-21/h3-17,19H,2,20H2,1H3,(H,30,33). The second-order valence-electron chi connectivity index (χ2n) is 7.54. The van der Waals surface area contributed by atoms with Gasteiger partial charge < -0.3 is 10.1 Å². The Kier molecular flexibility index (Phi) is 7.16. The molecular weight excluding hydrogens is 424 g/mol. The Labute approximate surface area is 198 Å². The molecule has 1 amide bonds. The number of benzene rings is 3. The van der Waals surface area contributed by atoms with Gasteiger partial charge in [-0.1, -0.05) is 48.5 Å². The predicted octanol–water partition coefficient (Wildman–Crippen LogP) is 5.16. The maximum atomic E-state index is 12.3. The minimum absolute atomic E-state index is 0.0264. The van der Waals surface area contributed by atoms with Gasteiger partial charge in [0.25, 0.3) is 5.91 Å². The number of carbonyl (C=O) groups is 1. The maximum absolute atomic E-state index is 12.3. The fourth-order valence-electron chi connectivity index (χ4n) is 3.44. The zero-order valence-electron chi connectivity index (χ0n) is 18.8. The molecule has 0 bridgehead atoms. The van der Waals surface area contributed by atoms with Crippen LogP contribution in [0, 0.1) is 11.3 Å². The monoisotopic (exact) mass is 448 g/mol. The Hall–Kier alpha value is -4.63. The Morgan fingerprint density at radius 1 is 1.03 bits per heavy atom. The number of rotatable bonds is 8. The van der Waals surface area contributed by atoms with E-state index in [-0.39, 0.29) is 5.57 Å². The summed E-state index contributed by atoms with van der Waals surface area (Å²) in [7, 11) is 0. The number of ether oxygens (including phenoxy) is 1. The van der Waals surface area contributed by atoms with Crippen molar-refractivity contribution in [3.8, 4) is 28.8 Å². The summed E-state index contributed by atoms with van der Waals surface area (Å²) in [6, 6.07) is 29.3. The first-order chi connectivity index (χ1) is 16.7. The van der Waals surface area contributed by atoms with E-state index in [1.165, 1.54) is 0 Å². The van der Waals surface area contributed by atoms with Gasteiger partial charge in [0.05, 0.1) is 11.4 Å². The molecule has 4 aromatic rings. The van der Waals surface area contributed by atoms with Crippen molar-refractivity contribution in [1.29, 1.82) is 5.26 Å². The van der Waals surface area contributed by atoms with Crippen LogP contribution in [0.4, 0.5) is 0 Å². The van der Waals surface area contributed by atoms with E-state index in [9.17, 15) is 10.1 Å². The molecule has 168 valence electrons. The van der Waals surface area contributed by atoms with Crippen LogP contribution >= 0.6 is 0 Å². The summed E-state index contributed by atoms with van der Waals surface area (Å²) < 4.78 is 7.64. The van der Waals surface area contributed by atoms with Crippen LogP contribution in [0.1, 0.15) is 18.1 Å². The molecule has 0 aliphatic heterocycles. The fraction of sp³-hybridized carbons (Fsp3) is 0.107. The van der Waals surface area contributed by atoms with Crippen molar-refractivity contribution in [2.24, 2.45) is 0 Å². The molecular formula is C28H24N4O2. The zero-order chi connectivity index (χ0) is 23.8. The first-order valence-corrected chi connectivity index (χ1v) is 11.0. The molecule has 3 aromatic carbocycles. The number of likely N-dealkylation sites (N-methyl/N-ethyl adjacent to an activating group) is 1.